The Morgan fingerprint density at radius 3 is 2.69 bits per heavy atom. The fourth-order valence-electron chi connectivity index (χ4n) is 1.57. The lowest BCUT2D eigenvalue weighted by atomic mass is 10.1. The van der Waals surface area contributed by atoms with Crippen LogP contribution in [-0.4, -0.2) is 21.0 Å². The second-order valence-electron chi connectivity index (χ2n) is 4.50. The highest BCUT2D eigenvalue weighted by molar-refractivity contribution is 5.67. The van der Waals surface area contributed by atoms with E-state index in [-0.39, 0.29) is 6.42 Å². The lowest BCUT2D eigenvalue weighted by molar-refractivity contribution is -0.137. The Bertz CT molecular complexity index is 371. The van der Waals surface area contributed by atoms with Crippen molar-refractivity contribution < 1.29 is 9.90 Å². The number of aryl methyl sites for hydroxylation is 1. The van der Waals surface area contributed by atoms with Crippen LogP contribution in [0, 0.1) is 12.8 Å². The van der Waals surface area contributed by atoms with Crippen molar-refractivity contribution in [1.82, 2.24) is 9.97 Å². The molecule has 0 aromatic carbocycles. The largest absolute Gasteiger partial charge is 0.481 e. The van der Waals surface area contributed by atoms with E-state index in [2.05, 4.69) is 23.8 Å². The summed E-state index contributed by atoms with van der Waals surface area (Å²) in [6.07, 6.45) is 0.774. The third kappa shape index (κ3) is 3.34. The molecule has 5 heteroatoms. The molecule has 1 aromatic heterocycles. The zero-order valence-corrected chi connectivity index (χ0v) is 9.95. The molecule has 0 spiro atoms. The van der Waals surface area contributed by atoms with Crippen LogP contribution in [-0.2, 0) is 11.2 Å². The monoisotopic (exact) mass is 225 g/mol. The van der Waals surface area contributed by atoms with E-state index in [0.29, 0.717) is 11.7 Å². The minimum absolute atomic E-state index is 0.103. The van der Waals surface area contributed by atoms with Gasteiger partial charge < -0.3 is 15.8 Å². The Balaban J connectivity index is 2.79. The molecule has 0 radical (unpaired) electrons. The smallest absolute Gasteiger partial charge is 0.305 e. The number of imidazole rings is 1. The molecule has 0 fully saturated rings. The molecule has 1 rings (SSSR count). The lowest BCUT2D eigenvalue weighted by Crippen LogP contribution is -2.16. The molecule has 16 heavy (non-hydrogen) atoms. The van der Waals surface area contributed by atoms with Crippen LogP contribution in [0.2, 0.25) is 0 Å². The van der Waals surface area contributed by atoms with Crippen LogP contribution in [0.25, 0.3) is 0 Å². The lowest BCUT2D eigenvalue weighted by Gasteiger charge is -2.04. The molecular weight excluding hydrogens is 206 g/mol. The Labute approximate surface area is 95.1 Å². The van der Waals surface area contributed by atoms with E-state index in [1.54, 1.807) is 0 Å². The molecule has 1 unspecified atom stereocenters. The highest BCUT2D eigenvalue weighted by Crippen LogP contribution is 2.16. The predicted molar refractivity (Wildman–Crippen MR) is 61.0 cm³/mol. The zero-order valence-electron chi connectivity index (χ0n) is 9.95. The average Bonchev–Trinajstić information content (AvgIpc) is 2.45. The van der Waals surface area contributed by atoms with Crippen LogP contribution in [0.3, 0.4) is 0 Å². The number of nitrogens with one attached hydrogen (secondary N) is 1. The van der Waals surface area contributed by atoms with Crippen molar-refractivity contribution in [1.29, 1.82) is 0 Å². The number of carbonyl (C=O) groups is 1. The molecule has 4 N–H and O–H groups in total. The van der Waals surface area contributed by atoms with Crippen molar-refractivity contribution in [3.63, 3.8) is 0 Å². The highest BCUT2D eigenvalue weighted by Gasteiger charge is 2.16. The van der Waals surface area contributed by atoms with Crippen LogP contribution in [0.5, 0.6) is 0 Å². The van der Waals surface area contributed by atoms with E-state index >= 15 is 0 Å². The van der Waals surface area contributed by atoms with Gasteiger partial charge in [0, 0.05) is 5.69 Å². The minimum Gasteiger partial charge on any atom is -0.481 e. The van der Waals surface area contributed by atoms with Crippen molar-refractivity contribution in [3.8, 4) is 0 Å². The summed E-state index contributed by atoms with van der Waals surface area (Å²) >= 11 is 0. The predicted octanol–water partition coefficient (Wildman–Crippen LogP) is 1.39. The van der Waals surface area contributed by atoms with Crippen LogP contribution in [0.15, 0.2) is 0 Å². The third-order valence-electron chi connectivity index (χ3n) is 2.35. The summed E-state index contributed by atoms with van der Waals surface area (Å²) < 4.78 is 0. The Kier molecular flexibility index (Phi) is 4.06. The fraction of sp³-hybridized carbons (Fsp3) is 0.636. The van der Waals surface area contributed by atoms with Gasteiger partial charge in [0.25, 0.3) is 0 Å². The van der Waals surface area contributed by atoms with E-state index in [9.17, 15) is 4.79 Å². The maximum Gasteiger partial charge on any atom is 0.305 e. The van der Waals surface area contributed by atoms with Gasteiger partial charge in [0.1, 0.15) is 5.82 Å². The van der Waals surface area contributed by atoms with E-state index in [4.69, 9.17) is 10.8 Å². The number of hydrogen-bond acceptors (Lipinski definition) is 3. The van der Waals surface area contributed by atoms with Gasteiger partial charge in [-0.1, -0.05) is 13.8 Å². The first kappa shape index (κ1) is 12.7. The first-order valence-corrected chi connectivity index (χ1v) is 5.43. The molecule has 0 aliphatic carbocycles. The van der Waals surface area contributed by atoms with Crippen molar-refractivity contribution >= 4 is 5.97 Å². The second-order valence-corrected chi connectivity index (χ2v) is 4.50. The summed E-state index contributed by atoms with van der Waals surface area (Å²) in [6.45, 7) is 6.16. The number of hydrogen-bond donors (Lipinski definition) is 3. The van der Waals surface area contributed by atoms with E-state index in [1.807, 2.05) is 6.92 Å². The summed E-state index contributed by atoms with van der Waals surface area (Å²) in [6, 6.07) is -0.558. The Morgan fingerprint density at radius 1 is 1.56 bits per heavy atom. The van der Waals surface area contributed by atoms with Gasteiger partial charge in [-0.2, -0.15) is 0 Å². The first-order chi connectivity index (χ1) is 7.40. The number of carboxylic acids is 1. The highest BCUT2D eigenvalue weighted by atomic mass is 16.4. The van der Waals surface area contributed by atoms with Gasteiger partial charge in [0.2, 0.25) is 0 Å². The topological polar surface area (TPSA) is 92.0 Å². The van der Waals surface area contributed by atoms with Crippen LogP contribution in [0.1, 0.15) is 43.5 Å². The van der Waals surface area contributed by atoms with E-state index < -0.39 is 12.0 Å². The Morgan fingerprint density at radius 2 is 2.19 bits per heavy atom. The quantitative estimate of drug-likeness (QED) is 0.706. The first-order valence-electron chi connectivity index (χ1n) is 5.43. The normalized spacial score (nSPS) is 13.1. The molecule has 90 valence electrons. The molecule has 5 nitrogen and oxygen atoms in total. The molecule has 0 saturated carbocycles. The molecular formula is C11H19N3O2. The van der Waals surface area contributed by atoms with Crippen molar-refractivity contribution in [2.75, 3.05) is 0 Å². The molecule has 0 amide bonds. The molecule has 0 saturated heterocycles. The number of nitrogens with two attached hydrogens (primary N) is 1. The molecule has 1 atom stereocenters. The summed E-state index contributed by atoms with van der Waals surface area (Å²) in [5.74, 6) is 0.174. The maximum atomic E-state index is 10.5. The van der Waals surface area contributed by atoms with Gasteiger partial charge in [-0.15, -0.1) is 0 Å². The van der Waals surface area contributed by atoms with Crippen LogP contribution < -0.4 is 5.73 Å². The number of nitrogens with zero attached hydrogens (tertiary/aromatic N) is 1. The summed E-state index contributed by atoms with van der Waals surface area (Å²) in [4.78, 5) is 17.9. The average molecular weight is 225 g/mol. The number of aromatic nitrogens is 2. The van der Waals surface area contributed by atoms with Crippen LogP contribution in [0.4, 0.5) is 0 Å². The second kappa shape index (κ2) is 5.12. The molecule has 1 heterocycles. The van der Waals surface area contributed by atoms with Crippen molar-refractivity contribution in [2.24, 2.45) is 11.7 Å². The molecule has 0 aliphatic heterocycles. The van der Waals surface area contributed by atoms with Crippen molar-refractivity contribution in [2.45, 2.75) is 39.7 Å². The van der Waals surface area contributed by atoms with E-state index in [0.717, 1.165) is 17.8 Å². The minimum atomic E-state index is -0.910. The molecule has 0 bridgehead atoms. The van der Waals surface area contributed by atoms with Crippen molar-refractivity contribution in [3.05, 3.63) is 17.2 Å². The van der Waals surface area contributed by atoms with E-state index in [1.165, 1.54) is 0 Å². The summed E-state index contributed by atoms with van der Waals surface area (Å²) in [7, 11) is 0. The van der Waals surface area contributed by atoms with Gasteiger partial charge in [0.05, 0.1) is 18.2 Å². The Hall–Kier alpha value is -1.36. The number of H-pyrrole nitrogens is 1. The number of carboxylic acid groups (broad SMARTS) is 1. The van der Waals surface area contributed by atoms with Crippen LogP contribution >= 0.6 is 0 Å². The maximum absolute atomic E-state index is 10.5. The van der Waals surface area contributed by atoms with Gasteiger partial charge in [-0.3, -0.25) is 4.79 Å². The SMILES string of the molecule is Cc1[nH]c(C(N)CC(=O)O)nc1CC(C)C. The molecule has 1 aromatic rings. The number of aromatic amines is 1. The number of aliphatic carboxylic acids is 1. The van der Waals surface area contributed by atoms with Gasteiger partial charge in [-0.05, 0) is 19.3 Å². The summed E-state index contributed by atoms with van der Waals surface area (Å²) in [5.41, 5.74) is 7.69. The summed E-state index contributed by atoms with van der Waals surface area (Å²) in [5, 5.41) is 8.65. The van der Waals surface area contributed by atoms with Gasteiger partial charge in [0.15, 0.2) is 0 Å². The van der Waals surface area contributed by atoms with Gasteiger partial charge in [-0.25, -0.2) is 4.98 Å². The fourth-order valence-corrected chi connectivity index (χ4v) is 1.57. The number of rotatable bonds is 5. The zero-order chi connectivity index (χ0) is 12.3. The van der Waals surface area contributed by atoms with Gasteiger partial charge >= 0.3 is 5.97 Å². The molecule has 0 aliphatic rings. The third-order valence-corrected chi connectivity index (χ3v) is 2.35. The standard InChI is InChI=1S/C11H19N3O2/c1-6(2)4-9-7(3)13-11(14-9)8(12)5-10(15)16/h6,8H,4-5,12H2,1-3H3,(H,13,14)(H,15,16).